The maximum absolute atomic E-state index is 6.18. The number of benzene rings is 1. The Kier molecular flexibility index (Phi) is 3.46. The van der Waals surface area contributed by atoms with Crippen molar-refractivity contribution in [3.05, 3.63) is 35.0 Å². The number of anilines is 1. The second-order valence-corrected chi connectivity index (χ2v) is 6.08. The van der Waals surface area contributed by atoms with Gasteiger partial charge in [0.2, 0.25) is 0 Å². The number of aromatic nitrogens is 1. The second-order valence-electron chi connectivity index (χ2n) is 5.68. The minimum absolute atomic E-state index is 0.146. The van der Waals surface area contributed by atoms with Crippen LogP contribution in [0.1, 0.15) is 26.5 Å². The number of pyridine rings is 1. The highest BCUT2D eigenvalue weighted by Crippen LogP contribution is 2.29. The third-order valence-electron chi connectivity index (χ3n) is 2.73. The Morgan fingerprint density at radius 1 is 1.33 bits per heavy atom. The summed E-state index contributed by atoms with van der Waals surface area (Å²) in [6.07, 6.45) is 0.841. The van der Waals surface area contributed by atoms with E-state index in [1.54, 1.807) is 0 Å². The average Bonchev–Trinajstić information content (AvgIpc) is 2.27. The van der Waals surface area contributed by atoms with Crippen molar-refractivity contribution >= 4 is 28.2 Å². The van der Waals surface area contributed by atoms with Crippen molar-refractivity contribution in [3.8, 4) is 0 Å². The Morgan fingerprint density at radius 3 is 2.67 bits per heavy atom. The maximum Gasteiger partial charge on any atom is 0.0893 e. The molecule has 0 aliphatic carbocycles. The van der Waals surface area contributed by atoms with E-state index in [4.69, 9.17) is 17.4 Å². The number of halogens is 1. The molecule has 0 bridgehead atoms. The summed E-state index contributed by atoms with van der Waals surface area (Å²) in [6, 6.07) is 7.74. The number of hydrogen-bond acceptors (Lipinski definition) is 3. The van der Waals surface area contributed by atoms with Gasteiger partial charge >= 0.3 is 0 Å². The molecule has 0 atom stereocenters. The molecule has 1 aromatic heterocycles. The number of hydrazine groups is 1. The van der Waals surface area contributed by atoms with Gasteiger partial charge in [-0.2, -0.15) is 0 Å². The summed E-state index contributed by atoms with van der Waals surface area (Å²) in [7, 11) is 0. The fourth-order valence-corrected chi connectivity index (χ4v) is 2.19. The normalized spacial score (nSPS) is 11.8. The molecule has 18 heavy (non-hydrogen) atoms. The van der Waals surface area contributed by atoms with Crippen molar-refractivity contribution in [1.29, 1.82) is 0 Å². The lowest BCUT2D eigenvalue weighted by molar-refractivity contribution is 0.407. The summed E-state index contributed by atoms with van der Waals surface area (Å²) in [5.41, 5.74) is 5.51. The Labute approximate surface area is 112 Å². The third-order valence-corrected chi connectivity index (χ3v) is 3.03. The van der Waals surface area contributed by atoms with Crippen LogP contribution >= 0.6 is 11.6 Å². The number of rotatable bonds is 2. The SMILES string of the molecule is CC(C)(C)Cc1nc2c(Cl)cccc2cc1NN. The largest absolute Gasteiger partial charge is 0.322 e. The van der Waals surface area contributed by atoms with Crippen LogP contribution in [0.5, 0.6) is 0 Å². The molecule has 0 fully saturated rings. The molecule has 3 N–H and O–H groups in total. The predicted molar refractivity (Wildman–Crippen MR) is 77.7 cm³/mol. The summed E-state index contributed by atoms with van der Waals surface area (Å²) in [5.74, 6) is 5.58. The standard InChI is InChI=1S/C14H18ClN3/c1-14(2,3)8-12-11(18-16)7-9-5-4-6-10(15)13(9)17-12/h4-7,18H,8,16H2,1-3H3. The molecule has 0 radical (unpaired) electrons. The zero-order valence-corrected chi connectivity index (χ0v) is 11.7. The fraction of sp³-hybridized carbons (Fsp3) is 0.357. The van der Waals surface area contributed by atoms with Crippen LogP contribution in [0.25, 0.3) is 10.9 Å². The van der Waals surface area contributed by atoms with Crippen molar-refractivity contribution in [2.24, 2.45) is 11.3 Å². The van der Waals surface area contributed by atoms with Crippen LogP contribution in [0.3, 0.4) is 0 Å². The first-order valence-electron chi connectivity index (χ1n) is 5.95. The number of nitrogens with one attached hydrogen (secondary N) is 1. The third kappa shape index (κ3) is 2.74. The summed E-state index contributed by atoms with van der Waals surface area (Å²) in [4.78, 5) is 4.66. The first kappa shape index (κ1) is 13.1. The zero-order chi connectivity index (χ0) is 13.3. The van der Waals surface area contributed by atoms with Crippen molar-refractivity contribution in [2.75, 3.05) is 5.43 Å². The molecule has 0 saturated heterocycles. The van der Waals surface area contributed by atoms with Crippen molar-refractivity contribution in [3.63, 3.8) is 0 Å². The van der Waals surface area contributed by atoms with Crippen LogP contribution in [0.2, 0.25) is 5.02 Å². The van der Waals surface area contributed by atoms with E-state index < -0.39 is 0 Å². The lowest BCUT2D eigenvalue weighted by atomic mass is 9.89. The summed E-state index contributed by atoms with van der Waals surface area (Å²) in [6.45, 7) is 6.52. The Hall–Kier alpha value is -1.32. The molecule has 2 rings (SSSR count). The number of nitrogen functional groups attached to an aromatic ring is 1. The molecule has 1 aromatic carbocycles. The molecule has 0 saturated carbocycles. The summed E-state index contributed by atoms with van der Waals surface area (Å²) >= 11 is 6.18. The molecule has 2 aromatic rings. The molecule has 1 heterocycles. The minimum atomic E-state index is 0.146. The average molecular weight is 264 g/mol. The maximum atomic E-state index is 6.18. The molecule has 96 valence electrons. The molecule has 0 aliphatic heterocycles. The molecule has 0 spiro atoms. The minimum Gasteiger partial charge on any atom is -0.322 e. The highest BCUT2D eigenvalue weighted by atomic mass is 35.5. The van der Waals surface area contributed by atoms with Gasteiger partial charge in [0.05, 0.1) is 21.9 Å². The molecule has 0 aliphatic rings. The Bertz CT molecular complexity index is 573. The first-order valence-corrected chi connectivity index (χ1v) is 6.33. The molecular formula is C14H18ClN3. The van der Waals surface area contributed by atoms with Crippen LogP contribution in [-0.4, -0.2) is 4.98 Å². The number of para-hydroxylation sites is 1. The van der Waals surface area contributed by atoms with Crippen molar-refractivity contribution < 1.29 is 0 Å². The van der Waals surface area contributed by atoms with E-state index in [9.17, 15) is 0 Å². The highest BCUT2D eigenvalue weighted by molar-refractivity contribution is 6.35. The molecule has 0 amide bonds. The first-order chi connectivity index (χ1) is 8.40. The van der Waals surface area contributed by atoms with E-state index in [1.807, 2.05) is 24.3 Å². The number of fused-ring (bicyclic) bond motifs is 1. The van der Waals surface area contributed by atoms with Gasteiger partial charge in [0, 0.05) is 5.39 Å². The predicted octanol–water partition coefficient (Wildman–Crippen LogP) is 3.76. The van der Waals surface area contributed by atoms with Gasteiger partial charge in [-0.15, -0.1) is 0 Å². The van der Waals surface area contributed by atoms with Crippen molar-refractivity contribution in [1.82, 2.24) is 4.98 Å². The number of hydrogen-bond donors (Lipinski definition) is 2. The van der Waals surface area contributed by atoms with E-state index in [2.05, 4.69) is 31.2 Å². The Balaban J connectivity index is 2.60. The molecule has 3 nitrogen and oxygen atoms in total. The number of nitrogens with zero attached hydrogens (tertiary/aromatic N) is 1. The fourth-order valence-electron chi connectivity index (χ4n) is 1.96. The quantitative estimate of drug-likeness (QED) is 0.641. The molecule has 4 heteroatoms. The van der Waals surface area contributed by atoms with Gasteiger partial charge in [-0.1, -0.05) is 44.5 Å². The molecule has 0 unspecified atom stereocenters. The van der Waals surface area contributed by atoms with Crippen LogP contribution in [0, 0.1) is 5.41 Å². The van der Waals surface area contributed by atoms with E-state index in [-0.39, 0.29) is 5.41 Å². The van der Waals surface area contributed by atoms with Gasteiger partial charge < -0.3 is 5.43 Å². The van der Waals surface area contributed by atoms with Crippen LogP contribution in [0.4, 0.5) is 5.69 Å². The lowest BCUT2D eigenvalue weighted by Gasteiger charge is -2.20. The van der Waals surface area contributed by atoms with E-state index in [0.717, 1.165) is 28.7 Å². The van der Waals surface area contributed by atoms with Crippen molar-refractivity contribution in [2.45, 2.75) is 27.2 Å². The van der Waals surface area contributed by atoms with Gasteiger partial charge in [0.1, 0.15) is 0 Å². The van der Waals surface area contributed by atoms with Crippen LogP contribution in [0.15, 0.2) is 24.3 Å². The van der Waals surface area contributed by atoms with Crippen LogP contribution < -0.4 is 11.3 Å². The topological polar surface area (TPSA) is 50.9 Å². The van der Waals surface area contributed by atoms with Gasteiger partial charge in [0.25, 0.3) is 0 Å². The van der Waals surface area contributed by atoms with E-state index in [0.29, 0.717) is 5.02 Å². The van der Waals surface area contributed by atoms with E-state index in [1.165, 1.54) is 0 Å². The van der Waals surface area contributed by atoms with E-state index >= 15 is 0 Å². The summed E-state index contributed by atoms with van der Waals surface area (Å²) in [5, 5.41) is 1.67. The monoisotopic (exact) mass is 263 g/mol. The van der Waals surface area contributed by atoms with Crippen LogP contribution in [-0.2, 0) is 6.42 Å². The van der Waals surface area contributed by atoms with Gasteiger partial charge in [0.15, 0.2) is 0 Å². The number of nitrogens with two attached hydrogens (primary N) is 1. The van der Waals surface area contributed by atoms with Gasteiger partial charge in [-0.25, -0.2) is 4.98 Å². The van der Waals surface area contributed by atoms with Gasteiger partial charge in [-0.3, -0.25) is 5.84 Å². The van der Waals surface area contributed by atoms with Gasteiger partial charge in [-0.05, 0) is 24.0 Å². The smallest absolute Gasteiger partial charge is 0.0893 e. The summed E-state index contributed by atoms with van der Waals surface area (Å²) < 4.78 is 0. The zero-order valence-electron chi connectivity index (χ0n) is 10.9. The highest BCUT2D eigenvalue weighted by Gasteiger charge is 2.16. The second kappa shape index (κ2) is 4.75. The molecular weight excluding hydrogens is 246 g/mol. The Morgan fingerprint density at radius 2 is 2.06 bits per heavy atom. The lowest BCUT2D eigenvalue weighted by Crippen LogP contribution is -2.16.